The summed E-state index contributed by atoms with van der Waals surface area (Å²) >= 11 is 3.57. The second kappa shape index (κ2) is 12.9. The molecule has 2 aromatic carbocycles. The number of hydrogen-bond acceptors (Lipinski definition) is 7. The largest absolute Gasteiger partial charge is 0.463 e. The predicted molar refractivity (Wildman–Crippen MR) is 164 cm³/mol. The quantitative estimate of drug-likeness (QED) is 0.336. The van der Waals surface area contributed by atoms with Crippen molar-refractivity contribution in [1.82, 2.24) is 20.9 Å². The van der Waals surface area contributed by atoms with Crippen LogP contribution in [-0.4, -0.2) is 88.0 Å². The van der Waals surface area contributed by atoms with Crippen LogP contribution in [0.3, 0.4) is 0 Å². The van der Waals surface area contributed by atoms with Crippen LogP contribution >= 0.6 is 15.9 Å². The number of rotatable bonds is 6. The molecule has 10 heteroatoms. The first-order chi connectivity index (χ1) is 19.8. The molecule has 1 saturated heterocycles. The molecule has 0 bridgehead atoms. The molecule has 0 radical (unpaired) electrons. The summed E-state index contributed by atoms with van der Waals surface area (Å²) in [7, 11) is 0. The smallest absolute Gasteiger partial charge is 0.229 e. The molecule has 3 heterocycles. The lowest BCUT2D eigenvalue weighted by Crippen LogP contribution is -2.60. The molecule has 220 valence electrons. The van der Waals surface area contributed by atoms with E-state index in [1.807, 2.05) is 12.1 Å². The highest BCUT2D eigenvalue weighted by Crippen LogP contribution is 2.54. The Morgan fingerprint density at radius 1 is 0.951 bits per heavy atom. The molecule has 0 saturated carbocycles. The number of amides is 2. The maximum absolute atomic E-state index is 12.0. The van der Waals surface area contributed by atoms with Crippen molar-refractivity contribution < 1.29 is 19.1 Å². The normalized spacial score (nSPS) is 23.0. The number of para-hydroxylation sites is 1. The molecule has 1 spiro atoms. The highest BCUT2D eigenvalue weighted by Gasteiger charge is 2.58. The lowest BCUT2D eigenvalue weighted by Gasteiger charge is -2.47. The number of fused-ring (bicyclic) bond motifs is 2. The van der Waals surface area contributed by atoms with Crippen LogP contribution < -0.4 is 25.6 Å². The zero-order chi connectivity index (χ0) is 28.9. The number of hydrogen-bond donors (Lipinski definition) is 3. The van der Waals surface area contributed by atoms with Gasteiger partial charge in [0.2, 0.25) is 17.5 Å². The standard InChI is InChI=1S/C31H40BrN5O4/c1-30(2)25-5-3-4-6-26(25)37(31(30)10-9-23-21-24(32)7-8-27(23)41-31)18-20-40-19-17-36-15-13-33-11-12-34-28(38)22-29(39)35-14-16-36/h3-10,21,33H,11-20,22H2,1-2H3,(H,34,38)(H,35,39). The van der Waals surface area contributed by atoms with E-state index in [2.05, 4.69) is 98.0 Å². The third-order valence-corrected chi connectivity index (χ3v) is 8.70. The zero-order valence-electron chi connectivity index (χ0n) is 23.9. The second-order valence-electron chi connectivity index (χ2n) is 11.2. The number of nitrogens with zero attached hydrogens (tertiary/aromatic N) is 2. The Balaban J connectivity index is 1.21. The van der Waals surface area contributed by atoms with Gasteiger partial charge >= 0.3 is 0 Å². The third-order valence-electron chi connectivity index (χ3n) is 8.20. The van der Waals surface area contributed by atoms with Crippen molar-refractivity contribution in [3.63, 3.8) is 0 Å². The summed E-state index contributed by atoms with van der Waals surface area (Å²) in [4.78, 5) is 28.4. The fourth-order valence-electron chi connectivity index (χ4n) is 5.92. The van der Waals surface area contributed by atoms with Crippen LogP contribution in [0.2, 0.25) is 0 Å². The average molecular weight is 627 g/mol. The number of anilines is 1. The van der Waals surface area contributed by atoms with Crippen LogP contribution in [0.5, 0.6) is 5.75 Å². The van der Waals surface area contributed by atoms with Gasteiger partial charge in [-0.15, -0.1) is 0 Å². The fourth-order valence-corrected chi connectivity index (χ4v) is 6.30. The molecule has 0 aliphatic carbocycles. The fraction of sp³-hybridized carbons (Fsp3) is 0.484. The van der Waals surface area contributed by atoms with Crippen LogP contribution in [-0.2, 0) is 19.7 Å². The molecule has 3 aliphatic heterocycles. The summed E-state index contributed by atoms with van der Waals surface area (Å²) in [6.07, 6.45) is 4.23. The number of nitrogens with one attached hydrogen (secondary N) is 3. The molecule has 1 fully saturated rings. The second-order valence-corrected chi connectivity index (χ2v) is 12.1. The SMILES string of the molecule is CC1(C)c2ccccc2N(CCOCCN2CCNCCNC(=O)CC(=O)NCC2)C12C=Cc1cc(Br)ccc1O2. The predicted octanol–water partition coefficient (Wildman–Crippen LogP) is 2.89. The van der Waals surface area contributed by atoms with E-state index >= 15 is 0 Å². The number of ether oxygens (including phenoxy) is 2. The molecule has 1 unspecified atom stereocenters. The minimum absolute atomic E-state index is 0.136. The average Bonchev–Trinajstić information content (AvgIpc) is 3.13. The van der Waals surface area contributed by atoms with Crippen molar-refractivity contribution in [3.8, 4) is 5.75 Å². The zero-order valence-corrected chi connectivity index (χ0v) is 25.5. The maximum atomic E-state index is 12.0. The summed E-state index contributed by atoms with van der Waals surface area (Å²) < 4.78 is 14.1. The van der Waals surface area contributed by atoms with Gasteiger partial charge in [-0.25, -0.2) is 0 Å². The maximum Gasteiger partial charge on any atom is 0.229 e. The number of benzene rings is 2. The number of carbonyl (C=O) groups excluding carboxylic acids is 2. The lowest BCUT2D eigenvalue weighted by molar-refractivity contribution is -0.129. The van der Waals surface area contributed by atoms with E-state index in [0.717, 1.165) is 35.4 Å². The van der Waals surface area contributed by atoms with Crippen LogP contribution in [0.25, 0.3) is 6.08 Å². The molecule has 3 N–H and O–H groups in total. The molecule has 5 rings (SSSR count). The van der Waals surface area contributed by atoms with Crippen molar-refractivity contribution in [2.45, 2.75) is 31.4 Å². The molecule has 2 aromatic rings. The van der Waals surface area contributed by atoms with Crippen LogP contribution in [0.4, 0.5) is 5.69 Å². The van der Waals surface area contributed by atoms with E-state index in [1.54, 1.807) is 0 Å². The molecule has 9 nitrogen and oxygen atoms in total. The van der Waals surface area contributed by atoms with Crippen molar-refractivity contribution in [2.24, 2.45) is 0 Å². The van der Waals surface area contributed by atoms with Crippen LogP contribution in [0.15, 0.2) is 53.0 Å². The summed E-state index contributed by atoms with van der Waals surface area (Å²) in [5.41, 5.74) is 2.52. The Morgan fingerprint density at radius 3 is 2.56 bits per heavy atom. The first-order valence-corrected chi connectivity index (χ1v) is 15.2. The van der Waals surface area contributed by atoms with E-state index in [-0.39, 0.29) is 23.7 Å². The highest BCUT2D eigenvalue weighted by molar-refractivity contribution is 9.10. The van der Waals surface area contributed by atoms with Gasteiger partial charge in [0, 0.05) is 68.1 Å². The summed E-state index contributed by atoms with van der Waals surface area (Å²) in [5, 5.41) is 8.96. The Labute approximate surface area is 250 Å². The number of halogens is 1. The van der Waals surface area contributed by atoms with E-state index in [4.69, 9.17) is 9.47 Å². The number of carbonyl (C=O) groups is 2. The Morgan fingerprint density at radius 2 is 1.71 bits per heavy atom. The molecule has 0 aromatic heterocycles. The summed E-state index contributed by atoms with van der Waals surface area (Å²) in [5.74, 6) is 0.378. The molecular formula is C31H40BrN5O4. The molecular weight excluding hydrogens is 586 g/mol. The van der Waals surface area contributed by atoms with Gasteiger partial charge in [-0.1, -0.05) is 34.1 Å². The lowest BCUT2D eigenvalue weighted by atomic mass is 9.76. The summed E-state index contributed by atoms with van der Waals surface area (Å²) in [6, 6.07) is 14.7. The van der Waals surface area contributed by atoms with E-state index in [1.165, 1.54) is 11.3 Å². The van der Waals surface area contributed by atoms with Crippen LogP contribution in [0, 0.1) is 0 Å². The van der Waals surface area contributed by atoms with Gasteiger partial charge < -0.3 is 30.3 Å². The van der Waals surface area contributed by atoms with Gasteiger partial charge in [0.1, 0.15) is 12.2 Å². The van der Waals surface area contributed by atoms with Gasteiger partial charge in [-0.05, 0) is 55.8 Å². The Kier molecular flexibility index (Phi) is 9.33. The van der Waals surface area contributed by atoms with Crippen molar-refractivity contribution >= 4 is 39.5 Å². The molecule has 3 aliphatic rings. The first-order valence-electron chi connectivity index (χ1n) is 14.4. The Bertz CT molecular complexity index is 1280. The minimum atomic E-state index is -0.670. The van der Waals surface area contributed by atoms with Crippen molar-refractivity contribution in [3.05, 3.63) is 64.1 Å². The van der Waals surface area contributed by atoms with Gasteiger partial charge in [-0.2, -0.15) is 0 Å². The summed E-state index contributed by atoms with van der Waals surface area (Å²) in [6.45, 7) is 11.1. The highest BCUT2D eigenvalue weighted by atomic mass is 79.9. The van der Waals surface area contributed by atoms with Gasteiger partial charge in [0.25, 0.3) is 0 Å². The monoisotopic (exact) mass is 625 g/mol. The molecule has 41 heavy (non-hydrogen) atoms. The van der Waals surface area contributed by atoms with Crippen molar-refractivity contribution in [2.75, 3.05) is 70.5 Å². The topological polar surface area (TPSA) is 95.2 Å². The Hall–Kier alpha value is -2.92. The molecule has 2 amide bonds. The third kappa shape index (κ3) is 6.45. The van der Waals surface area contributed by atoms with Gasteiger partial charge in [-0.3, -0.25) is 14.5 Å². The van der Waals surface area contributed by atoms with Crippen molar-refractivity contribution in [1.29, 1.82) is 0 Å². The molecule has 1 atom stereocenters. The first kappa shape index (κ1) is 29.6. The van der Waals surface area contributed by atoms with E-state index in [0.29, 0.717) is 45.9 Å². The van der Waals surface area contributed by atoms with Crippen LogP contribution in [0.1, 0.15) is 31.4 Å². The van der Waals surface area contributed by atoms with Gasteiger partial charge in [0.15, 0.2) is 0 Å². The van der Waals surface area contributed by atoms with E-state index in [9.17, 15) is 9.59 Å². The van der Waals surface area contributed by atoms with E-state index < -0.39 is 5.72 Å². The minimum Gasteiger partial charge on any atom is -0.463 e. The van der Waals surface area contributed by atoms with Gasteiger partial charge in [0.05, 0.1) is 18.6 Å².